The highest BCUT2D eigenvalue weighted by Gasteiger charge is 2.27. The maximum atomic E-state index is 5.89. The summed E-state index contributed by atoms with van der Waals surface area (Å²) in [6.07, 6.45) is 7.54. The molecule has 0 unspecified atom stereocenters. The number of pyridine rings is 1. The van der Waals surface area contributed by atoms with Crippen molar-refractivity contribution >= 4 is 21.6 Å². The zero-order chi connectivity index (χ0) is 11.8. The second kappa shape index (κ2) is 4.07. The van der Waals surface area contributed by atoms with Gasteiger partial charge in [0, 0.05) is 28.3 Å². The summed E-state index contributed by atoms with van der Waals surface area (Å²) in [6.45, 7) is 0. The van der Waals surface area contributed by atoms with Gasteiger partial charge in [0.2, 0.25) is 0 Å². The Labute approximate surface area is 107 Å². The van der Waals surface area contributed by atoms with Gasteiger partial charge in [-0.3, -0.25) is 4.98 Å². The monoisotopic (exact) mass is 290 g/mol. The number of rotatable bonds is 2. The van der Waals surface area contributed by atoms with Crippen LogP contribution in [0.25, 0.3) is 11.4 Å². The summed E-state index contributed by atoms with van der Waals surface area (Å²) in [4.78, 5) is 12.9. The fourth-order valence-electron chi connectivity index (χ4n) is 1.76. The van der Waals surface area contributed by atoms with Crippen LogP contribution in [0.1, 0.15) is 24.5 Å². The first-order valence-electron chi connectivity index (χ1n) is 5.47. The van der Waals surface area contributed by atoms with Crippen LogP contribution in [0.5, 0.6) is 0 Å². The molecule has 2 heterocycles. The molecule has 1 aliphatic carbocycles. The molecule has 2 aromatic rings. The van der Waals surface area contributed by atoms with Crippen molar-refractivity contribution in [2.75, 3.05) is 5.73 Å². The first-order chi connectivity index (χ1) is 8.24. The second-order valence-corrected chi connectivity index (χ2v) is 5.12. The normalized spacial score (nSPS) is 14.9. The zero-order valence-electron chi connectivity index (χ0n) is 9.10. The molecule has 2 aromatic heterocycles. The highest BCUT2D eigenvalue weighted by Crippen LogP contribution is 2.41. The molecule has 0 aliphatic heterocycles. The van der Waals surface area contributed by atoms with Gasteiger partial charge in [-0.2, -0.15) is 0 Å². The summed E-state index contributed by atoms with van der Waals surface area (Å²) in [5, 5.41) is 0. The van der Waals surface area contributed by atoms with Crippen molar-refractivity contribution < 1.29 is 0 Å². The Bertz CT molecular complexity index is 566. The quantitative estimate of drug-likeness (QED) is 0.924. The molecule has 1 saturated carbocycles. The third-order valence-electron chi connectivity index (χ3n) is 2.78. The van der Waals surface area contributed by atoms with Gasteiger partial charge in [0.05, 0.1) is 17.6 Å². The molecule has 0 saturated heterocycles. The smallest absolute Gasteiger partial charge is 0.161 e. The highest BCUT2D eigenvalue weighted by atomic mass is 79.9. The number of nitrogens with two attached hydrogens (primary N) is 1. The van der Waals surface area contributed by atoms with E-state index in [1.165, 1.54) is 12.8 Å². The van der Waals surface area contributed by atoms with Gasteiger partial charge in [-0.15, -0.1) is 0 Å². The fraction of sp³-hybridized carbons (Fsp3) is 0.250. The van der Waals surface area contributed by atoms with E-state index in [1.807, 2.05) is 6.07 Å². The van der Waals surface area contributed by atoms with E-state index in [9.17, 15) is 0 Å². The van der Waals surface area contributed by atoms with Gasteiger partial charge < -0.3 is 5.73 Å². The number of anilines is 1. The van der Waals surface area contributed by atoms with E-state index in [-0.39, 0.29) is 0 Å². The second-order valence-electron chi connectivity index (χ2n) is 4.20. The van der Waals surface area contributed by atoms with E-state index in [0.717, 1.165) is 15.7 Å². The molecule has 1 fully saturated rings. The Kier molecular flexibility index (Phi) is 2.55. The van der Waals surface area contributed by atoms with E-state index >= 15 is 0 Å². The molecule has 0 atom stereocenters. The molecule has 0 bridgehead atoms. The minimum atomic E-state index is 0.525. The molecule has 5 heteroatoms. The van der Waals surface area contributed by atoms with E-state index in [2.05, 4.69) is 30.9 Å². The molecule has 0 spiro atoms. The van der Waals surface area contributed by atoms with Crippen LogP contribution in [0, 0.1) is 0 Å². The molecule has 4 nitrogen and oxygen atoms in total. The Morgan fingerprint density at radius 3 is 2.76 bits per heavy atom. The lowest BCUT2D eigenvalue weighted by atomic mass is 10.2. The molecule has 3 rings (SSSR count). The van der Waals surface area contributed by atoms with Crippen molar-refractivity contribution in [2.24, 2.45) is 0 Å². The summed E-state index contributed by atoms with van der Waals surface area (Å²) < 4.78 is 0.920. The van der Waals surface area contributed by atoms with Crippen LogP contribution in [0.2, 0.25) is 0 Å². The predicted octanol–water partition coefficient (Wildman–Crippen LogP) is 2.76. The first-order valence-corrected chi connectivity index (χ1v) is 6.26. The Morgan fingerprint density at radius 2 is 2.06 bits per heavy atom. The molecular weight excluding hydrogens is 280 g/mol. The third kappa shape index (κ3) is 2.15. The minimum absolute atomic E-state index is 0.525. The number of halogens is 1. The average Bonchev–Trinajstić information content (AvgIpc) is 3.14. The summed E-state index contributed by atoms with van der Waals surface area (Å²) >= 11 is 3.39. The largest absolute Gasteiger partial charge is 0.396 e. The fourth-order valence-corrected chi connectivity index (χ4v) is 2.13. The van der Waals surface area contributed by atoms with Crippen LogP contribution >= 0.6 is 15.9 Å². The SMILES string of the molecule is Nc1cnc(-c2cncc(Br)c2)nc1C1CC1. The van der Waals surface area contributed by atoms with Crippen LogP contribution in [0.3, 0.4) is 0 Å². The van der Waals surface area contributed by atoms with E-state index in [1.54, 1.807) is 18.6 Å². The zero-order valence-corrected chi connectivity index (χ0v) is 10.7. The van der Waals surface area contributed by atoms with Crippen LogP contribution in [0.4, 0.5) is 5.69 Å². The Balaban J connectivity index is 2.06. The van der Waals surface area contributed by atoms with Crippen molar-refractivity contribution in [3.05, 3.63) is 34.8 Å². The molecule has 17 heavy (non-hydrogen) atoms. The average molecular weight is 291 g/mol. The van der Waals surface area contributed by atoms with E-state index < -0.39 is 0 Å². The molecule has 0 radical (unpaired) electrons. The van der Waals surface area contributed by atoms with Crippen LogP contribution in [0.15, 0.2) is 29.1 Å². The highest BCUT2D eigenvalue weighted by molar-refractivity contribution is 9.10. The number of nitrogens with zero attached hydrogens (tertiary/aromatic N) is 3. The van der Waals surface area contributed by atoms with Crippen molar-refractivity contribution in [2.45, 2.75) is 18.8 Å². The summed E-state index contributed by atoms with van der Waals surface area (Å²) in [5.74, 6) is 1.21. The topological polar surface area (TPSA) is 64.7 Å². The molecule has 0 aromatic carbocycles. The van der Waals surface area contributed by atoms with Crippen molar-refractivity contribution in [1.29, 1.82) is 0 Å². The van der Waals surface area contributed by atoms with Gasteiger partial charge in [-0.1, -0.05) is 0 Å². The lowest BCUT2D eigenvalue weighted by Crippen LogP contribution is -2.00. The van der Waals surface area contributed by atoms with E-state index in [0.29, 0.717) is 17.4 Å². The number of hydrogen-bond acceptors (Lipinski definition) is 4. The molecule has 0 amide bonds. The Hall–Kier alpha value is -1.49. The lowest BCUT2D eigenvalue weighted by molar-refractivity contribution is 0.999. The Morgan fingerprint density at radius 1 is 1.24 bits per heavy atom. The van der Waals surface area contributed by atoms with Crippen LogP contribution < -0.4 is 5.73 Å². The maximum Gasteiger partial charge on any atom is 0.161 e. The summed E-state index contributed by atoms with van der Waals surface area (Å²) in [6, 6.07) is 1.95. The van der Waals surface area contributed by atoms with Crippen LogP contribution in [-0.2, 0) is 0 Å². The molecule has 86 valence electrons. The standard InChI is InChI=1S/C12H11BrN4/c13-9-3-8(4-15-5-9)12-16-6-10(14)11(17-12)7-1-2-7/h3-7H,1-2,14H2. The number of hydrogen-bond donors (Lipinski definition) is 1. The van der Waals surface area contributed by atoms with E-state index in [4.69, 9.17) is 5.73 Å². The lowest BCUT2D eigenvalue weighted by Gasteiger charge is -2.05. The van der Waals surface area contributed by atoms with Gasteiger partial charge in [0.25, 0.3) is 0 Å². The van der Waals surface area contributed by atoms with Gasteiger partial charge in [-0.25, -0.2) is 9.97 Å². The number of aromatic nitrogens is 3. The van der Waals surface area contributed by atoms with Gasteiger partial charge >= 0.3 is 0 Å². The molecular formula is C12H11BrN4. The molecule has 2 N–H and O–H groups in total. The third-order valence-corrected chi connectivity index (χ3v) is 3.21. The summed E-state index contributed by atoms with van der Waals surface area (Å²) in [7, 11) is 0. The summed E-state index contributed by atoms with van der Waals surface area (Å²) in [5.41, 5.74) is 8.47. The van der Waals surface area contributed by atoms with Crippen molar-refractivity contribution in [3.8, 4) is 11.4 Å². The van der Waals surface area contributed by atoms with Gasteiger partial charge in [0.15, 0.2) is 5.82 Å². The minimum Gasteiger partial charge on any atom is -0.396 e. The predicted molar refractivity (Wildman–Crippen MR) is 69.4 cm³/mol. The number of nitrogen functional groups attached to an aromatic ring is 1. The van der Waals surface area contributed by atoms with Crippen molar-refractivity contribution in [1.82, 2.24) is 15.0 Å². The van der Waals surface area contributed by atoms with Crippen LogP contribution in [-0.4, -0.2) is 15.0 Å². The van der Waals surface area contributed by atoms with Gasteiger partial charge in [-0.05, 0) is 34.8 Å². The molecule has 1 aliphatic rings. The first kappa shape index (κ1) is 10.7. The van der Waals surface area contributed by atoms with Gasteiger partial charge in [0.1, 0.15) is 0 Å². The maximum absolute atomic E-state index is 5.89. The van der Waals surface area contributed by atoms with Crippen molar-refractivity contribution in [3.63, 3.8) is 0 Å².